The first-order valence-corrected chi connectivity index (χ1v) is 8.92. The van der Waals surface area contributed by atoms with Crippen LogP contribution in [0.4, 0.5) is 0 Å². The molecule has 0 aromatic rings. The van der Waals surface area contributed by atoms with Gasteiger partial charge >= 0.3 is 0 Å². The molecule has 0 aliphatic carbocycles. The summed E-state index contributed by atoms with van der Waals surface area (Å²) < 4.78 is 0. The molecule has 0 aromatic heterocycles. The molecule has 4 heteroatoms. The minimum atomic E-state index is 0.235. The van der Waals surface area contributed by atoms with Crippen LogP contribution < -0.4 is 9.80 Å². The Labute approximate surface area is 135 Å². The fraction of sp³-hybridized carbons (Fsp3) is 0.722. The molecule has 2 fully saturated rings. The number of piperidine rings is 2. The Morgan fingerprint density at radius 2 is 1.59 bits per heavy atom. The third-order valence-electron chi connectivity index (χ3n) is 5.22. The highest BCUT2D eigenvalue weighted by atomic mass is 16.2. The standard InChI is InChI=1S/C18H31N3O/c1-3-10-21(11-4-2)18(22)16-19-14-8-17(9-15-19)20-12-6-5-7-13-20/h3-4,17H,1-2,5-16H2/p+2. The van der Waals surface area contributed by atoms with Crippen molar-refractivity contribution in [3.8, 4) is 0 Å². The number of likely N-dealkylation sites (tertiary alicyclic amines) is 2. The Morgan fingerprint density at radius 3 is 2.14 bits per heavy atom. The summed E-state index contributed by atoms with van der Waals surface area (Å²) in [6.07, 6.45) is 10.4. The lowest BCUT2D eigenvalue weighted by Gasteiger charge is -2.36. The molecular weight excluding hydrogens is 274 g/mol. The normalized spacial score (nSPS) is 26.4. The molecule has 22 heavy (non-hydrogen) atoms. The van der Waals surface area contributed by atoms with Gasteiger partial charge < -0.3 is 14.7 Å². The van der Waals surface area contributed by atoms with Crippen molar-refractivity contribution < 1.29 is 14.6 Å². The summed E-state index contributed by atoms with van der Waals surface area (Å²) in [6.45, 7) is 14.4. The number of hydrogen-bond acceptors (Lipinski definition) is 1. The maximum Gasteiger partial charge on any atom is 0.278 e. The molecule has 2 N–H and O–H groups in total. The fourth-order valence-electron chi connectivity index (χ4n) is 3.94. The van der Waals surface area contributed by atoms with E-state index >= 15 is 0 Å². The summed E-state index contributed by atoms with van der Waals surface area (Å²) in [7, 11) is 0. The Morgan fingerprint density at radius 1 is 1.00 bits per heavy atom. The summed E-state index contributed by atoms with van der Waals surface area (Å²) in [4.78, 5) is 17.5. The van der Waals surface area contributed by atoms with Gasteiger partial charge in [0.25, 0.3) is 5.91 Å². The summed E-state index contributed by atoms with van der Waals surface area (Å²) in [6, 6.07) is 0.844. The van der Waals surface area contributed by atoms with Gasteiger partial charge in [0.1, 0.15) is 0 Å². The summed E-state index contributed by atoms with van der Waals surface area (Å²) in [5.41, 5.74) is 0. The minimum absolute atomic E-state index is 0.235. The number of hydrogen-bond donors (Lipinski definition) is 2. The molecule has 0 atom stereocenters. The van der Waals surface area contributed by atoms with Gasteiger partial charge in [-0.05, 0) is 19.3 Å². The molecule has 0 aromatic carbocycles. The molecule has 0 radical (unpaired) electrons. The predicted octanol–water partition coefficient (Wildman–Crippen LogP) is -0.697. The molecule has 0 bridgehead atoms. The second-order valence-corrected chi connectivity index (χ2v) is 6.80. The van der Waals surface area contributed by atoms with E-state index in [1.165, 1.54) is 50.1 Å². The van der Waals surface area contributed by atoms with E-state index in [0.717, 1.165) is 19.1 Å². The first-order chi connectivity index (χ1) is 10.7. The van der Waals surface area contributed by atoms with E-state index in [1.807, 2.05) is 9.80 Å². The van der Waals surface area contributed by atoms with Crippen LogP contribution in [0.3, 0.4) is 0 Å². The van der Waals surface area contributed by atoms with Crippen molar-refractivity contribution in [1.29, 1.82) is 0 Å². The summed E-state index contributed by atoms with van der Waals surface area (Å²) in [5, 5.41) is 0. The third-order valence-corrected chi connectivity index (χ3v) is 5.22. The van der Waals surface area contributed by atoms with Crippen LogP contribution in [0.25, 0.3) is 0 Å². The minimum Gasteiger partial charge on any atom is -0.332 e. The second kappa shape index (κ2) is 9.11. The van der Waals surface area contributed by atoms with Gasteiger partial charge in [0, 0.05) is 25.9 Å². The van der Waals surface area contributed by atoms with E-state index < -0.39 is 0 Å². The van der Waals surface area contributed by atoms with Crippen molar-refractivity contribution in [2.75, 3.05) is 45.8 Å². The van der Waals surface area contributed by atoms with E-state index in [-0.39, 0.29) is 5.91 Å². The van der Waals surface area contributed by atoms with Crippen molar-refractivity contribution in [3.05, 3.63) is 25.3 Å². The number of rotatable bonds is 7. The zero-order chi connectivity index (χ0) is 15.8. The highest BCUT2D eigenvalue weighted by Crippen LogP contribution is 2.01. The van der Waals surface area contributed by atoms with Gasteiger partial charge in [-0.15, -0.1) is 13.2 Å². The van der Waals surface area contributed by atoms with Crippen LogP contribution in [0.2, 0.25) is 0 Å². The van der Waals surface area contributed by atoms with Crippen molar-refractivity contribution >= 4 is 5.91 Å². The van der Waals surface area contributed by atoms with Gasteiger partial charge in [-0.3, -0.25) is 4.79 Å². The molecular formula is C18H33N3O+2. The number of amides is 1. The predicted molar refractivity (Wildman–Crippen MR) is 90.1 cm³/mol. The highest BCUT2D eigenvalue weighted by Gasteiger charge is 2.31. The van der Waals surface area contributed by atoms with Crippen LogP contribution in [0.15, 0.2) is 25.3 Å². The van der Waals surface area contributed by atoms with Crippen LogP contribution in [0, 0.1) is 0 Å². The molecule has 2 aliphatic heterocycles. The van der Waals surface area contributed by atoms with Crippen LogP contribution in [0.1, 0.15) is 32.1 Å². The molecule has 0 saturated carbocycles. The lowest BCUT2D eigenvalue weighted by Crippen LogP contribution is -3.21. The van der Waals surface area contributed by atoms with Gasteiger partial charge in [0.05, 0.1) is 32.2 Å². The average molecular weight is 307 g/mol. The Hall–Kier alpha value is -1.13. The zero-order valence-corrected chi connectivity index (χ0v) is 14.0. The van der Waals surface area contributed by atoms with Gasteiger partial charge in [-0.25, -0.2) is 0 Å². The second-order valence-electron chi connectivity index (χ2n) is 6.80. The number of nitrogens with one attached hydrogen (secondary N) is 2. The molecule has 0 unspecified atom stereocenters. The van der Waals surface area contributed by atoms with Crippen LogP contribution in [-0.4, -0.2) is 62.7 Å². The topological polar surface area (TPSA) is 29.2 Å². The number of nitrogens with zero attached hydrogens (tertiary/aromatic N) is 1. The lowest BCUT2D eigenvalue weighted by atomic mass is 10.00. The largest absolute Gasteiger partial charge is 0.332 e. The molecule has 2 saturated heterocycles. The zero-order valence-electron chi connectivity index (χ0n) is 14.0. The van der Waals surface area contributed by atoms with E-state index in [2.05, 4.69) is 13.2 Å². The number of quaternary nitrogens is 2. The van der Waals surface area contributed by atoms with E-state index in [9.17, 15) is 4.79 Å². The average Bonchev–Trinajstić information content (AvgIpc) is 2.56. The quantitative estimate of drug-likeness (QED) is 0.599. The molecule has 2 rings (SSSR count). The molecule has 2 heterocycles. The van der Waals surface area contributed by atoms with E-state index in [4.69, 9.17) is 0 Å². The highest BCUT2D eigenvalue weighted by molar-refractivity contribution is 5.77. The molecule has 0 spiro atoms. The van der Waals surface area contributed by atoms with Crippen molar-refractivity contribution in [3.63, 3.8) is 0 Å². The first-order valence-electron chi connectivity index (χ1n) is 8.92. The summed E-state index contributed by atoms with van der Waals surface area (Å²) >= 11 is 0. The molecule has 124 valence electrons. The maximum absolute atomic E-state index is 12.4. The van der Waals surface area contributed by atoms with Crippen LogP contribution in [0.5, 0.6) is 0 Å². The smallest absolute Gasteiger partial charge is 0.278 e. The molecule has 2 aliphatic rings. The SMILES string of the molecule is C=CCN(CC=C)C(=O)C[NH+]1CCC([NH+]2CCCCC2)CC1. The Kier molecular flexibility index (Phi) is 7.13. The Balaban J connectivity index is 1.74. The first kappa shape index (κ1) is 17.2. The Bertz CT molecular complexity index is 359. The summed E-state index contributed by atoms with van der Waals surface area (Å²) in [5.74, 6) is 0.235. The number of carbonyl (C=O) groups excluding carboxylic acids is 1. The van der Waals surface area contributed by atoms with E-state index in [1.54, 1.807) is 12.2 Å². The van der Waals surface area contributed by atoms with Gasteiger partial charge in [0.15, 0.2) is 6.54 Å². The van der Waals surface area contributed by atoms with Gasteiger partial charge in [-0.1, -0.05) is 12.2 Å². The van der Waals surface area contributed by atoms with Crippen LogP contribution in [-0.2, 0) is 4.79 Å². The van der Waals surface area contributed by atoms with E-state index in [0.29, 0.717) is 19.6 Å². The third kappa shape index (κ3) is 4.96. The lowest BCUT2D eigenvalue weighted by molar-refractivity contribution is -0.958. The fourth-order valence-corrected chi connectivity index (χ4v) is 3.94. The monoisotopic (exact) mass is 307 g/mol. The van der Waals surface area contributed by atoms with Crippen molar-refractivity contribution in [2.24, 2.45) is 0 Å². The van der Waals surface area contributed by atoms with Gasteiger partial charge in [0.2, 0.25) is 0 Å². The number of carbonyl (C=O) groups is 1. The molecule has 1 amide bonds. The van der Waals surface area contributed by atoms with Crippen LogP contribution >= 0.6 is 0 Å². The van der Waals surface area contributed by atoms with Crippen molar-refractivity contribution in [1.82, 2.24) is 4.90 Å². The van der Waals surface area contributed by atoms with Crippen molar-refractivity contribution in [2.45, 2.75) is 38.1 Å². The van der Waals surface area contributed by atoms with Gasteiger partial charge in [-0.2, -0.15) is 0 Å². The maximum atomic E-state index is 12.4. The molecule has 4 nitrogen and oxygen atoms in total.